The maximum absolute atomic E-state index is 12.0. The Hall–Kier alpha value is -4.39. The molecule has 182 valence electrons. The highest BCUT2D eigenvalue weighted by Crippen LogP contribution is 2.29. The van der Waals surface area contributed by atoms with Crippen molar-refractivity contribution in [3.63, 3.8) is 0 Å². The lowest BCUT2D eigenvalue weighted by Gasteiger charge is -2.12. The van der Waals surface area contributed by atoms with E-state index in [-0.39, 0.29) is 18.7 Å². The van der Waals surface area contributed by atoms with Crippen LogP contribution in [0.2, 0.25) is 0 Å². The first-order valence-corrected chi connectivity index (χ1v) is 11.9. The zero-order valence-corrected chi connectivity index (χ0v) is 20.3. The Morgan fingerprint density at radius 2 is 1.67 bits per heavy atom. The van der Waals surface area contributed by atoms with Gasteiger partial charge in [-0.25, -0.2) is 9.97 Å². The summed E-state index contributed by atoms with van der Waals surface area (Å²) in [6.45, 7) is 3.35. The maximum atomic E-state index is 12.0. The number of nitrogens with zero attached hydrogens (tertiary/aromatic N) is 3. The van der Waals surface area contributed by atoms with E-state index in [1.54, 1.807) is 20.1 Å². The number of fused-ring (bicyclic) bond motifs is 1. The van der Waals surface area contributed by atoms with E-state index in [1.807, 2.05) is 71.3 Å². The third-order valence-electron chi connectivity index (χ3n) is 5.77. The summed E-state index contributed by atoms with van der Waals surface area (Å²) in [7, 11) is 0. The van der Waals surface area contributed by atoms with Crippen molar-refractivity contribution in [3.05, 3.63) is 108 Å². The number of carbonyl (C=O) groups is 1. The normalized spacial score (nSPS) is 11.2. The summed E-state index contributed by atoms with van der Waals surface area (Å²) in [5.41, 5.74) is 5.07. The molecule has 0 aliphatic rings. The van der Waals surface area contributed by atoms with E-state index in [0.717, 1.165) is 28.3 Å². The van der Waals surface area contributed by atoms with E-state index in [0.29, 0.717) is 30.1 Å². The fourth-order valence-electron chi connectivity index (χ4n) is 3.95. The highest BCUT2D eigenvalue weighted by Gasteiger charge is 2.21. The van der Waals surface area contributed by atoms with Gasteiger partial charge in [0, 0.05) is 18.2 Å². The van der Waals surface area contributed by atoms with Gasteiger partial charge in [-0.3, -0.25) is 9.20 Å². The fraction of sp³-hybridized carbons (Fsp3) is 0.207. The Morgan fingerprint density at radius 1 is 0.917 bits per heavy atom. The first-order chi connectivity index (χ1) is 17.6. The van der Waals surface area contributed by atoms with E-state index in [4.69, 9.17) is 23.9 Å². The lowest BCUT2D eigenvalue weighted by Crippen LogP contribution is -2.16. The van der Waals surface area contributed by atoms with Crippen LogP contribution in [0.15, 0.2) is 89.7 Å². The molecule has 3 heterocycles. The second kappa shape index (κ2) is 10.5. The smallest absolute Gasteiger partial charge is 0.311 e. The standard InChI is InChI=1S/C29H27N3O4/c1-20(2)29(33)36-19-35-28-25(17-23-14-9-15-34-23)31-27-24(16-21-10-5-3-6-11-21)30-26(18-32(27)28)22-12-7-4-8-13-22/h3-15,18,20H,16-17,19H2,1-2H3. The predicted octanol–water partition coefficient (Wildman–Crippen LogP) is 5.71. The van der Waals surface area contributed by atoms with Gasteiger partial charge < -0.3 is 13.9 Å². The SMILES string of the molecule is CC(C)C(=O)OCOc1c(Cc2ccco2)nc2c(Cc3ccccc3)nc(-c3ccccc3)cn12. The summed E-state index contributed by atoms with van der Waals surface area (Å²) in [6.07, 6.45) is 4.57. The quantitative estimate of drug-likeness (QED) is 0.198. The Balaban J connectivity index is 1.62. The van der Waals surface area contributed by atoms with Gasteiger partial charge >= 0.3 is 5.97 Å². The molecule has 7 nitrogen and oxygen atoms in total. The van der Waals surface area contributed by atoms with Crippen molar-refractivity contribution < 1.29 is 18.7 Å². The molecule has 2 aromatic carbocycles. The minimum Gasteiger partial charge on any atom is -0.469 e. The van der Waals surface area contributed by atoms with Crippen LogP contribution in [0.1, 0.15) is 36.6 Å². The van der Waals surface area contributed by atoms with Gasteiger partial charge in [0.1, 0.15) is 11.5 Å². The number of esters is 1. The van der Waals surface area contributed by atoms with Gasteiger partial charge in [0.2, 0.25) is 12.7 Å². The van der Waals surface area contributed by atoms with Gasteiger partial charge in [-0.2, -0.15) is 0 Å². The molecule has 0 fully saturated rings. The van der Waals surface area contributed by atoms with Gasteiger partial charge in [0.25, 0.3) is 0 Å². The number of hydrogen-bond donors (Lipinski definition) is 0. The summed E-state index contributed by atoms with van der Waals surface area (Å²) >= 11 is 0. The van der Waals surface area contributed by atoms with Gasteiger partial charge in [0.05, 0.1) is 30.0 Å². The monoisotopic (exact) mass is 481 g/mol. The second-order valence-electron chi connectivity index (χ2n) is 8.79. The molecule has 5 rings (SSSR count). The number of furan rings is 1. The first kappa shape index (κ1) is 23.4. The molecule has 0 aliphatic heterocycles. The molecule has 0 bridgehead atoms. The van der Waals surface area contributed by atoms with E-state index in [1.165, 1.54) is 0 Å². The highest BCUT2D eigenvalue weighted by molar-refractivity contribution is 5.71. The Kier molecular flexibility index (Phi) is 6.80. The van der Waals surface area contributed by atoms with Gasteiger partial charge in [0.15, 0.2) is 5.65 Å². The molecule has 0 aliphatic carbocycles. The lowest BCUT2D eigenvalue weighted by molar-refractivity contribution is -0.154. The van der Waals surface area contributed by atoms with E-state index in [2.05, 4.69) is 12.1 Å². The highest BCUT2D eigenvalue weighted by atomic mass is 16.7. The average molecular weight is 482 g/mol. The number of aromatic nitrogens is 3. The van der Waals surface area contributed by atoms with Crippen LogP contribution in [-0.4, -0.2) is 27.1 Å². The van der Waals surface area contributed by atoms with Gasteiger partial charge in [-0.05, 0) is 17.7 Å². The van der Waals surface area contributed by atoms with Gasteiger partial charge in [-0.1, -0.05) is 74.5 Å². The van der Waals surface area contributed by atoms with Crippen LogP contribution in [0.5, 0.6) is 5.88 Å². The predicted molar refractivity (Wildman–Crippen MR) is 136 cm³/mol. The number of imidazole rings is 1. The van der Waals surface area contributed by atoms with Crippen LogP contribution in [0.3, 0.4) is 0 Å². The van der Waals surface area contributed by atoms with Crippen molar-refractivity contribution in [2.24, 2.45) is 5.92 Å². The fourth-order valence-corrected chi connectivity index (χ4v) is 3.95. The van der Waals surface area contributed by atoms with Crippen molar-refractivity contribution in [1.29, 1.82) is 0 Å². The Morgan fingerprint density at radius 3 is 2.36 bits per heavy atom. The second-order valence-corrected chi connectivity index (χ2v) is 8.79. The molecule has 0 N–H and O–H groups in total. The lowest BCUT2D eigenvalue weighted by atomic mass is 10.1. The molecule has 0 saturated heterocycles. The minimum absolute atomic E-state index is 0.215. The topological polar surface area (TPSA) is 78.9 Å². The Bertz CT molecular complexity index is 1440. The number of rotatable bonds is 9. The van der Waals surface area contributed by atoms with Crippen LogP contribution < -0.4 is 4.74 Å². The van der Waals surface area contributed by atoms with Crippen molar-refractivity contribution in [2.75, 3.05) is 6.79 Å². The molecule has 7 heteroatoms. The summed E-state index contributed by atoms with van der Waals surface area (Å²) in [6, 6.07) is 23.9. The van der Waals surface area contributed by atoms with Crippen LogP contribution in [-0.2, 0) is 22.4 Å². The zero-order chi connectivity index (χ0) is 24.9. The molecule has 0 radical (unpaired) electrons. The average Bonchev–Trinajstić information content (AvgIpc) is 3.53. The van der Waals surface area contributed by atoms with E-state index in [9.17, 15) is 4.79 Å². The molecule has 5 aromatic rings. The van der Waals surface area contributed by atoms with Gasteiger partial charge in [-0.15, -0.1) is 0 Å². The molecule has 0 saturated carbocycles. The molecule has 36 heavy (non-hydrogen) atoms. The minimum atomic E-state index is -0.326. The third-order valence-corrected chi connectivity index (χ3v) is 5.77. The molecule has 0 spiro atoms. The number of benzene rings is 2. The molecule has 0 unspecified atom stereocenters. The number of ether oxygens (including phenoxy) is 2. The van der Waals surface area contributed by atoms with Crippen molar-refractivity contribution >= 4 is 11.6 Å². The third kappa shape index (κ3) is 5.15. The molecule has 3 aromatic heterocycles. The van der Waals surface area contributed by atoms with Crippen molar-refractivity contribution in [3.8, 4) is 17.1 Å². The summed E-state index contributed by atoms with van der Waals surface area (Å²) < 4.78 is 18.8. The van der Waals surface area contributed by atoms with Crippen LogP contribution in [0, 0.1) is 5.92 Å². The zero-order valence-electron chi connectivity index (χ0n) is 20.3. The maximum Gasteiger partial charge on any atom is 0.311 e. The Labute approximate surface area is 209 Å². The molecule has 0 atom stereocenters. The van der Waals surface area contributed by atoms with E-state index < -0.39 is 0 Å². The molecular weight excluding hydrogens is 454 g/mol. The number of carbonyl (C=O) groups excluding carboxylic acids is 1. The van der Waals surface area contributed by atoms with Crippen LogP contribution in [0.4, 0.5) is 0 Å². The molecular formula is C29H27N3O4. The summed E-state index contributed by atoms with van der Waals surface area (Å²) in [5.74, 6) is 0.674. The largest absolute Gasteiger partial charge is 0.469 e. The van der Waals surface area contributed by atoms with Crippen LogP contribution in [0.25, 0.3) is 16.9 Å². The van der Waals surface area contributed by atoms with Crippen molar-refractivity contribution in [1.82, 2.24) is 14.4 Å². The van der Waals surface area contributed by atoms with Crippen LogP contribution >= 0.6 is 0 Å². The van der Waals surface area contributed by atoms with E-state index >= 15 is 0 Å². The van der Waals surface area contributed by atoms with Crippen molar-refractivity contribution in [2.45, 2.75) is 26.7 Å². The first-order valence-electron chi connectivity index (χ1n) is 11.9. The summed E-state index contributed by atoms with van der Waals surface area (Å²) in [5, 5.41) is 0. The number of hydrogen-bond acceptors (Lipinski definition) is 6. The molecule has 0 amide bonds. The summed E-state index contributed by atoms with van der Waals surface area (Å²) in [4.78, 5) is 22.0.